The van der Waals surface area contributed by atoms with Crippen LogP contribution in [0.25, 0.3) is 5.82 Å². The van der Waals surface area contributed by atoms with Crippen molar-refractivity contribution in [3.05, 3.63) is 64.6 Å². The maximum atomic E-state index is 13.9. The number of anilines is 1. The fraction of sp³-hybridized carbons (Fsp3) is 0.348. The van der Waals surface area contributed by atoms with Crippen molar-refractivity contribution in [2.24, 2.45) is 0 Å². The lowest BCUT2D eigenvalue weighted by Crippen LogP contribution is -2.37. The summed E-state index contributed by atoms with van der Waals surface area (Å²) in [5, 5.41) is 17.3. The molecule has 0 spiro atoms. The van der Waals surface area contributed by atoms with E-state index in [-0.39, 0.29) is 23.3 Å². The van der Waals surface area contributed by atoms with Crippen molar-refractivity contribution >= 4 is 29.5 Å². The number of nitrogens with zero attached hydrogens (tertiary/aromatic N) is 4. The SMILES string of the molecule is Cc1cnc(NC2CCOCC2)nc1-n1cnc(C(=O)NC(CNC(=O)O)c2cc(F)cc(Cl)c2)c1. The number of hydrogen-bond donors (Lipinski definition) is 4. The van der Waals surface area contributed by atoms with Crippen molar-refractivity contribution < 1.29 is 23.8 Å². The molecule has 4 rings (SSSR count). The van der Waals surface area contributed by atoms with Gasteiger partial charge in [0.05, 0.1) is 6.04 Å². The fourth-order valence-corrected chi connectivity index (χ4v) is 4.02. The molecule has 3 heterocycles. The topological polar surface area (TPSA) is 143 Å². The van der Waals surface area contributed by atoms with Crippen molar-refractivity contribution in [3.63, 3.8) is 0 Å². The normalized spacial score (nSPS) is 14.8. The summed E-state index contributed by atoms with van der Waals surface area (Å²) >= 11 is 5.94. The van der Waals surface area contributed by atoms with Crippen molar-refractivity contribution in [2.45, 2.75) is 31.8 Å². The average Bonchev–Trinajstić information content (AvgIpc) is 3.33. The largest absolute Gasteiger partial charge is 0.465 e. The van der Waals surface area contributed by atoms with Crippen molar-refractivity contribution in [2.75, 3.05) is 25.1 Å². The summed E-state index contributed by atoms with van der Waals surface area (Å²) < 4.78 is 20.9. The lowest BCUT2D eigenvalue weighted by molar-refractivity contribution is 0.0903. The first kappa shape index (κ1) is 25.3. The molecule has 3 aromatic rings. The quantitative estimate of drug-likeness (QED) is 0.357. The highest BCUT2D eigenvalue weighted by atomic mass is 35.5. The van der Waals surface area contributed by atoms with Crippen LogP contribution in [-0.2, 0) is 4.74 Å². The minimum absolute atomic E-state index is 0.0646. The third-order valence-electron chi connectivity index (χ3n) is 5.61. The molecule has 1 aliphatic rings. The third-order valence-corrected chi connectivity index (χ3v) is 5.83. The molecule has 4 N–H and O–H groups in total. The predicted molar refractivity (Wildman–Crippen MR) is 129 cm³/mol. The second-order valence-electron chi connectivity index (χ2n) is 8.31. The van der Waals surface area contributed by atoms with Gasteiger partial charge in [-0.25, -0.2) is 19.2 Å². The van der Waals surface area contributed by atoms with Gasteiger partial charge in [-0.1, -0.05) is 11.6 Å². The minimum atomic E-state index is -1.29. The monoisotopic (exact) mass is 517 g/mol. The Morgan fingerprint density at radius 2 is 2.06 bits per heavy atom. The molecule has 2 aromatic heterocycles. The smallest absolute Gasteiger partial charge is 0.404 e. The highest BCUT2D eigenvalue weighted by Gasteiger charge is 2.21. The lowest BCUT2D eigenvalue weighted by atomic mass is 10.1. The second kappa shape index (κ2) is 11.3. The van der Waals surface area contributed by atoms with E-state index < -0.39 is 23.9 Å². The summed E-state index contributed by atoms with van der Waals surface area (Å²) in [6, 6.07) is 3.07. The Labute approximate surface area is 211 Å². The Morgan fingerprint density at radius 3 is 2.78 bits per heavy atom. The number of ether oxygens (including phenoxy) is 1. The lowest BCUT2D eigenvalue weighted by Gasteiger charge is -2.23. The van der Waals surface area contributed by atoms with Gasteiger partial charge in [0.1, 0.15) is 23.7 Å². The first-order valence-corrected chi connectivity index (χ1v) is 11.6. The first-order valence-electron chi connectivity index (χ1n) is 11.2. The summed E-state index contributed by atoms with van der Waals surface area (Å²) in [6.45, 7) is 3.00. The molecule has 1 saturated heterocycles. The molecule has 0 aliphatic carbocycles. The van der Waals surface area contributed by atoms with E-state index in [0.717, 1.165) is 24.5 Å². The van der Waals surface area contributed by atoms with Crippen LogP contribution in [0.1, 0.15) is 40.5 Å². The molecule has 13 heteroatoms. The molecule has 1 aliphatic heterocycles. The molecule has 0 bridgehead atoms. The number of benzene rings is 1. The van der Waals surface area contributed by atoms with Gasteiger partial charge in [0.15, 0.2) is 0 Å². The maximum Gasteiger partial charge on any atom is 0.404 e. The number of aryl methyl sites for hydroxylation is 1. The standard InChI is InChI=1S/C23H25ClFN7O4/c1-13-9-26-22(29-17-2-4-36-5-3-17)31-20(13)32-11-19(28-12-32)21(33)30-18(10-27-23(34)35)14-6-15(24)8-16(25)7-14/h6-9,11-12,17-18,27H,2-5,10H2,1H3,(H,30,33)(H,34,35)(H,26,29,31). The number of hydrogen-bond acceptors (Lipinski definition) is 7. The number of carbonyl (C=O) groups is 2. The molecule has 11 nitrogen and oxygen atoms in total. The molecule has 1 aromatic carbocycles. The fourth-order valence-electron chi connectivity index (χ4n) is 3.79. The van der Waals surface area contributed by atoms with Gasteiger partial charge in [-0.3, -0.25) is 9.36 Å². The van der Waals surface area contributed by atoms with Crippen LogP contribution in [0, 0.1) is 12.7 Å². The molecule has 0 saturated carbocycles. The second-order valence-corrected chi connectivity index (χ2v) is 8.75. The van der Waals surface area contributed by atoms with Crippen LogP contribution in [0.5, 0.6) is 0 Å². The molecule has 1 fully saturated rings. The van der Waals surface area contributed by atoms with Crippen LogP contribution in [0.3, 0.4) is 0 Å². The zero-order valence-corrected chi connectivity index (χ0v) is 20.1. The van der Waals surface area contributed by atoms with Crippen LogP contribution >= 0.6 is 11.6 Å². The van der Waals surface area contributed by atoms with Crippen LogP contribution in [0.4, 0.5) is 15.1 Å². The highest BCUT2D eigenvalue weighted by Crippen LogP contribution is 2.21. The Morgan fingerprint density at radius 1 is 1.28 bits per heavy atom. The average molecular weight is 518 g/mol. The predicted octanol–water partition coefficient (Wildman–Crippen LogP) is 3.09. The van der Waals surface area contributed by atoms with Gasteiger partial charge in [-0.2, -0.15) is 4.98 Å². The summed E-state index contributed by atoms with van der Waals surface area (Å²) in [4.78, 5) is 37.1. The Hall–Kier alpha value is -3.77. The Balaban J connectivity index is 1.51. The van der Waals surface area contributed by atoms with Gasteiger partial charge in [0, 0.05) is 48.8 Å². The number of carbonyl (C=O) groups excluding carboxylic acids is 1. The van der Waals surface area contributed by atoms with Gasteiger partial charge in [-0.05, 0) is 43.5 Å². The van der Waals surface area contributed by atoms with E-state index in [9.17, 15) is 14.0 Å². The molecule has 1 atom stereocenters. The van der Waals surface area contributed by atoms with Crippen molar-refractivity contribution in [3.8, 4) is 5.82 Å². The summed E-state index contributed by atoms with van der Waals surface area (Å²) in [5.74, 6) is -0.184. The molecule has 2 amide bonds. The van der Waals surface area contributed by atoms with E-state index in [1.807, 2.05) is 6.92 Å². The number of nitrogens with one attached hydrogen (secondary N) is 3. The molecular formula is C23H25ClFN7O4. The molecule has 190 valence electrons. The van der Waals surface area contributed by atoms with Gasteiger partial charge in [0.25, 0.3) is 5.91 Å². The first-order chi connectivity index (χ1) is 17.3. The number of rotatable bonds is 8. The van der Waals surface area contributed by atoms with Gasteiger partial charge >= 0.3 is 6.09 Å². The van der Waals surface area contributed by atoms with E-state index >= 15 is 0 Å². The maximum absolute atomic E-state index is 13.9. The molecular weight excluding hydrogens is 493 g/mol. The van der Waals surface area contributed by atoms with Gasteiger partial charge in [-0.15, -0.1) is 0 Å². The van der Waals surface area contributed by atoms with Gasteiger partial charge < -0.3 is 25.8 Å². The number of halogens is 2. The molecule has 36 heavy (non-hydrogen) atoms. The molecule has 0 radical (unpaired) electrons. The van der Waals surface area contributed by atoms with Crippen molar-refractivity contribution in [1.82, 2.24) is 30.2 Å². The number of aromatic nitrogens is 4. The van der Waals surface area contributed by atoms with E-state index in [1.54, 1.807) is 10.8 Å². The zero-order valence-electron chi connectivity index (χ0n) is 19.4. The Kier molecular flexibility index (Phi) is 7.96. The highest BCUT2D eigenvalue weighted by molar-refractivity contribution is 6.30. The third kappa shape index (κ3) is 6.46. The molecule has 1 unspecified atom stereocenters. The summed E-state index contributed by atoms with van der Waals surface area (Å²) in [6.07, 6.45) is 5.07. The minimum Gasteiger partial charge on any atom is -0.465 e. The number of imidazole rings is 1. The van der Waals surface area contributed by atoms with Crippen molar-refractivity contribution in [1.29, 1.82) is 0 Å². The van der Waals surface area contributed by atoms with E-state index in [1.165, 1.54) is 24.7 Å². The number of carboxylic acid groups (broad SMARTS) is 1. The van der Waals surface area contributed by atoms with Crippen LogP contribution < -0.4 is 16.0 Å². The van der Waals surface area contributed by atoms with Crippen LogP contribution in [0.15, 0.2) is 36.9 Å². The van der Waals surface area contributed by atoms with Crippen LogP contribution in [0.2, 0.25) is 5.02 Å². The Bertz CT molecular complexity index is 1230. The zero-order chi connectivity index (χ0) is 25.7. The summed E-state index contributed by atoms with van der Waals surface area (Å²) in [5.41, 5.74) is 1.14. The van der Waals surface area contributed by atoms with E-state index in [4.69, 9.17) is 21.4 Å². The van der Waals surface area contributed by atoms with Crippen LogP contribution in [-0.4, -0.2) is 62.4 Å². The number of amides is 2. The summed E-state index contributed by atoms with van der Waals surface area (Å²) in [7, 11) is 0. The van der Waals surface area contributed by atoms with Gasteiger partial charge in [0.2, 0.25) is 5.95 Å². The van der Waals surface area contributed by atoms with E-state index in [2.05, 4.69) is 30.9 Å². The van der Waals surface area contributed by atoms with E-state index in [0.29, 0.717) is 30.5 Å².